The van der Waals surface area contributed by atoms with Gasteiger partial charge in [0.15, 0.2) is 16.5 Å². The predicted molar refractivity (Wildman–Crippen MR) is 126 cm³/mol. The number of halogens is 1. The van der Waals surface area contributed by atoms with Crippen molar-refractivity contribution in [2.24, 2.45) is 0 Å². The fourth-order valence-electron chi connectivity index (χ4n) is 3.19. The lowest BCUT2D eigenvalue weighted by Crippen LogP contribution is -2.23. The first kappa shape index (κ1) is 21.9. The van der Waals surface area contributed by atoms with Crippen LogP contribution < -0.4 is 20.1 Å². The van der Waals surface area contributed by atoms with Gasteiger partial charge in [0, 0.05) is 23.9 Å². The Kier molecular flexibility index (Phi) is 6.16. The summed E-state index contributed by atoms with van der Waals surface area (Å²) >= 11 is 7.29. The number of aromatic hydroxyl groups is 1. The van der Waals surface area contributed by atoms with Crippen molar-refractivity contribution in [2.75, 3.05) is 13.7 Å². The molecular weight excluding hydrogens is 450 g/mol. The summed E-state index contributed by atoms with van der Waals surface area (Å²) in [5.74, 6) is -0.0306. The second kappa shape index (κ2) is 9.02. The lowest BCUT2D eigenvalue weighted by Gasteiger charge is -2.05. The Hall–Kier alpha value is -3.36. The van der Waals surface area contributed by atoms with Gasteiger partial charge in [-0.15, -0.1) is 0 Å². The molecule has 0 fully saturated rings. The highest BCUT2D eigenvalue weighted by Crippen LogP contribution is 2.35. The van der Waals surface area contributed by atoms with E-state index in [4.69, 9.17) is 16.3 Å². The van der Waals surface area contributed by atoms with Crippen molar-refractivity contribution >= 4 is 39.9 Å². The Morgan fingerprint density at radius 2 is 2.06 bits per heavy atom. The van der Waals surface area contributed by atoms with Crippen LogP contribution in [0.3, 0.4) is 0 Å². The third-order valence-corrected chi connectivity index (χ3v) is 6.12. The fraction of sp³-hybridized carbons (Fsp3) is 0.174. The number of carbonyl (C=O) groups is 1. The molecule has 2 aromatic carbocycles. The molecule has 164 valence electrons. The number of thiazole rings is 1. The molecule has 4 rings (SSSR count). The van der Waals surface area contributed by atoms with Crippen LogP contribution in [-0.2, 0) is 0 Å². The molecular formula is C23H20ClN3O4S. The number of hydrogen-bond acceptors (Lipinski definition) is 6. The molecule has 0 aliphatic rings. The third-order valence-electron chi connectivity index (χ3n) is 4.85. The molecule has 2 heterocycles. The van der Waals surface area contributed by atoms with Crippen LogP contribution in [0, 0.1) is 0 Å². The van der Waals surface area contributed by atoms with E-state index in [1.54, 1.807) is 36.5 Å². The van der Waals surface area contributed by atoms with E-state index in [-0.39, 0.29) is 28.0 Å². The molecule has 4 aromatic rings. The largest absolute Gasteiger partial charge is 0.503 e. The number of methoxy groups -OCH3 is 1. The maximum absolute atomic E-state index is 12.9. The Morgan fingerprint density at radius 3 is 2.72 bits per heavy atom. The smallest absolute Gasteiger partial charge is 0.274 e. The third kappa shape index (κ3) is 4.19. The minimum absolute atomic E-state index is 0.114. The van der Waals surface area contributed by atoms with Gasteiger partial charge in [-0.3, -0.25) is 14.0 Å². The summed E-state index contributed by atoms with van der Waals surface area (Å²) < 4.78 is 7.08. The molecule has 2 N–H and O–H groups in total. The number of ether oxygens (including phenoxy) is 1. The molecule has 0 bridgehead atoms. The van der Waals surface area contributed by atoms with E-state index >= 15 is 0 Å². The van der Waals surface area contributed by atoms with Gasteiger partial charge in [-0.05, 0) is 42.3 Å². The number of imidazole rings is 1. The Labute approximate surface area is 192 Å². The highest BCUT2D eigenvalue weighted by molar-refractivity contribution is 7.15. The van der Waals surface area contributed by atoms with Gasteiger partial charge in [0.05, 0.1) is 22.4 Å². The molecule has 1 amide bonds. The number of carbonyl (C=O) groups excluding carboxylic acids is 1. The summed E-state index contributed by atoms with van der Waals surface area (Å²) in [4.78, 5) is 30.0. The molecule has 0 saturated carbocycles. The van der Waals surface area contributed by atoms with E-state index in [0.29, 0.717) is 32.9 Å². The number of phenolic OH excluding ortho intramolecular Hbond substituents is 1. The predicted octanol–water partition coefficient (Wildman–Crippen LogP) is 3.48. The van der Waals surface area contributed by atoms with Crippen molar-refractivity contribution < 1.29 is 14.6 Å². The average molecular weight is 470 g/mol. The molecule has 0 atom stereocenters. The summed E-state index contributed by atoms with van der Waals surface area (Å²) in [6.07, 6.45) is 4.24. The molecule has 0 aliphatic heterocycles. The second-order valence-electron chi connectivity index (χ2n) is 7.08. The summed E-state index contributed by atoms with van der Waals surface area (Å²) in [5.41, 5.74) is 2.46. The molecule has 0 radical (unpaired) electrons. The van der Waals surface area contributed by atoms with E-state index < -0.39 is 0 Å². The van der Waals surface area contributed by atoms with Gasteiger partial charge in [-0.25, -0.2) is 4.98 Å². The van der Waals surface area contributed by atoms with Gasteiger partial charge in [-0.1, -0.05) is 42.0 Å². The zero-order valence-corrected chi connectivity index (χ0v) is 19.0. The van der Waals surface area contributed by atoms with Gasteiger partial charge in [0.25, 0.3) is 11.5 Å². The molecule has 0 spiro atoms. The number of fused-ring (bicyclic) bond motifs is 1. The minimum atomic E-state index is -0.206. The van der Waals surface area contributed by atoms with E-state index in [1.165, 1.54) is 22.8 Å². The van der Waals surface area contributed by atoms with Gasteiger partial charge in [0.1, 0.15) is 0 Å². The van der Waals surface area contributed by atoms with Crippen LogP contribution in [0.25, 0.3) is 22.3 Å². The SMILES string of the molecule is CCCNC(=O)c1ccc(-c2cn3c(=O)/c(=C/c4cc(Cl)c(O)c(OC)c4)sc3n2)cc1. The van der Waals surface area contributed by atoms with Crippen LogP contribution in [-0.4, -0.2) is 34.1 Å². The maximum Gasteiger partial charge on any atom is 0.274 e. The normalized spacial score (nSPS) is 11.8. The zero-order valence-electron chi connectivity index (χ0n) is 17.4. The number of nitrogens with one attached hydrogen (secondary N) is 1. The van der Waals surface area contributed by atoms with Gasteiger partial charge >= 0.3 is 0 Å². The van der Waals surface area contributed by atoms with Gasteiger partial charge in [0.2, 0.25) is 0 Å². The lowest BCUT2D eigenvalue weighted by molar-refractivity contribution is 0.0953. The topological polar surface area (TPSA) is 92.9 Å². The summed E-state index contributed by atoms with van der Waals surface area (Å²) in [7, 11) is 1.43. The first-order chi connectivity index (χ1) is 15.4. The molecule has 0 aliphatic carbocycles. The second-order valence-corrected chi connectivity index (χ2v) is 8.50. The number of aromatic nitrogens is 2. The van der Waals surface area contributed by atoms with Crippen LogP contribution >= 0.6 is 22.9 Å². The minimum Gasteiger partial charge on any atom is -0.503 e. The summed E-state index contributed by atoms with van der Waals surface area (Å²) in [6, 6.07) is 10.3. The number of hydrogen-bond donors (Lipinski definition) is 2. The Morgan fingerprint density at radius 1 is 1.31 bits per heavy atom. The van der Waals surface area contributed by atoms with Crippen LogP contribution in [0.15, 0.2) is 47.4 Å². The van der Waals surface area contributed by atoms with E-state index in [1.807, 2.05) is 19.1 Å². The van der Waals surface area contributed by atoms with Crippen LogP contribution in [0.4, 0.5) is 0 Å². The highest BCUT2D eigenvalue weighted by Gasteiger charge is 2.13. The zero-order chi connectivity index (χ0) is 22.8. The quantitative estimate of drug-likeness (QED) is 0.451. The molecule has 0 saturated heterocycles. The summed E-state index contributed by atoms with van der Waals surface area (Å²) in [5, 5.41) is 12.9. The van der Waals surface area contributed by atoms with Crippen molar-refractivity contribution in [3.8, 4) is 22.8 Å². The van der Waals surface area contributed by atoms with Gasteiger partial charge < -0.3 is 15.2 Å². The Bertz CT molecular complexity index is 1410. The van der Waals surface area contributed by atoms with Crippen molar-refractivity contribution in [1.29, 1.82) is 0 Å². The average Bonchev–Trinajstić information content (AvgIpc) is 3.34. The first-order valence-electron chi connectivity index (χ1n) is 9.90. The lowest BCUT2D eigenvalue weighted by atomic mass is 10.1. The molecule has 0 unspecified atom stereocenters. The van der Waals surface area contributed by atoms with E-state index in [9.17, 15) is 14.7 Å². The number of benzene rings is 2. The van der Waals surface area contributed by atoms with Crippen LogP contribution in [0.5, 0.6) is 11.5 Å². The van der Waals surface area contributed by atoms with Crippen molar-refractivity contribution in [3.63, 3.8) is 0 Å². The standard InChI is InChI=1S/C23H20ClN3O4S/c1-3-8-25-21(29)15-6-4-14(5-7-15)17-12-27-22(30)19(32-23(27)26-17)11-13-9-16(24)20(28)18(10-13)31-2/h4-7,9-12,28H,3,8H2,1-2H3,(H,25,29)/b19-11-. The first-order valence-corrected chi connectivity index (χ1v) is 11.1. The van der Waals surface area contributed by atoms with Crippen LogP contribution in [0.1, 0.15) is 29.3 Å². The van der Waals surface area contributed by atoms with Crippen molar-refractivity contribution in [1.82, 2.24) is 14.7 Å². The number of amides is 1. The summed E-state index contributed by atoms with van der Waals surface area (Å²) in [6.45, 7) is 2.63. The van der Waals surface area contributed by atoms with Crippen LogP contribution in [0.2, 0.25) is 5.02 Å². The fourth-order valence-corrected chi connectivity index (χ4v) is 4.36. The number of rotatable bonds is 6. The number of phenols is 1. The van der Waals surface area contributed by atoms with Gasteiger partial charge in [-0.2, -0.15) is 0 Å². The molecule has 9 heteroatoms. The highest BCUT2D eigenvalue weighted by atomic mass is 35.5. The van der Waals surface area contributed by atoms with Crippen molar-refractivity contribution in [3.05, 3.63) is 73.6 Å². The van der Waals surface area contributed by atoms with E-state index in [2.05, 4.69) is 10.3 Å². The van der Waals surface area contributed by atoms with Crippen molar-refractivity contribution in [2.45, 2.75) is 13.3 Å². The number of nitrogens with zero attached hydrogens (tertiary/aromatic N) is 2. The molecule has 2 aromatic heterocycles. The van der Waals surface area contributed by atoms with E-state index in [0.717, 1.165) is 12.0 Å². The molecule has 32 heavy (non-hydrogen) atoms. The molecule has 7 nitrogen and oxygen atoms in total. The maximum atomic E-state index is 12.9. The Balaban J connectivity index is 1.65. The monoisotopic (exact) mass is 469 g/mol.